The summed E-state index contributed by atoms with van der Waals surface area (Å²) < 4.78 is 40.2. The minimum atomic E-state index is -3.68. The lowest BCUT2D eigenvalue weighted by Crippen LogP contribution is -2.12. The summed E-state index contributed by atoms with van der Waals surface area (Å²) in [6.45, 7) is 0. The maximum Gasteiger partial charge on any atom is 0.271 e. The zero-order valence-electron chi connectivity index (χ0n) is 8.35. The topological polar surface area (TPSA) is 46.2 Å². The van der Waals surface area contributed by atoms with E-state index in [-0.39, 0.29) is 9.90 Å². The van der Waals surface area contributed by atoms with Gasteiger partial charge in [-0.2, -0.15) is 0 Å². The fourth-order valence-corrected chi connectivity index (χ4v) is 3.70. The highest BCUT2D eigenvalue weighted by Crippen LogP contribution is 2.23. The first-order valence-electron chi connectivity index (χ1n) is 4.50. The predicted octanol–water partition coefficient (Wildman–Crippen LogP) is 3.29. The van der Waals surface area contributed by atoms with Crippen molar-refractivity contribution in [2.75, 3.05) is 4.72 Å². The number of halogens is 2. The molecule has 0 fully saturated rings. The maximum absolute atomic E-state index is 13.5. The van der Waals surface area contributed by atoms with Gasteiger partial charge in [0.25, 0.3) is 10.0 Å². The van der Waals surface area contributed by atoms with E-state index >= 15 is 0 Å². The van der Waals surface area contributed by atoms with Crippen LogP contribution in [0.1, 0.15) is 0 Å². The molecule has 0 aliphatic heterocycles. The van der Waals surface area contributed by atoms with Crippen molar-refractivity contribution in [2.24, 2.45) is 0 Å². The maximum atomic E-state index is 13.5. The van der Waals surface area contributed by atoms with Crippen LogP contribution in [0.4, 0.5) is 10.1 Å². The van der Waals surface area contributed by atoms with Crippen LogP contribution in [-0.4, -0.2) is 8.42 Å². The Morgan fingerprint density at radius 2 is 2.06 bits per heavy atom. The van der Waals surface area contributed by atoms with Gasteiger partial charge < -0.3 is 0 Å². The zero-order chi connectivity index (χ0) is 12.5. The lowest BCUT2D eigenvalue weighted by molar-refractivity contribution is 0.600. The summed E-state index contributed by atoms with van der Waals surface area (Å²) >= 11 is 3.04. The molecule has 1 aromatic heterocycles. The summed E-state index contributed by atoms with van der Waals surface area (Å²) in [4.78, 5) is 0. The highest BCUT2D eigenvalue weighted by Gasteiger charge is 2.16. The first kappa shape index (κ1) is 12.8. The lowest BCUT2D eigenvalue weighted by Gasteiger charge is -2.07. The molecule has 0 unspecified atom stereocenters. The van der Waals surface area contributed by atoms with Crippen molar-refractivity contribution < 1.29 is 12.8 Å². The third kappa shape index (κ3) is 2.96. The van der Waals surface area contributed by atoms with Crippen LogP contribution in [0.3, 0.4) is 0 Å². The molecule has 0 saturated carbocycles. The van der Waals surface area contributed by atoms with Gasteiger partial charge in [-0.15, -0.1) is 11.3 Å². The number of hydrogen-bond acceptors (Lipinski definition) is 3. The van der Waals surface area contributed by atoms with E-state index in [2.05, 4.69) is 4.72 Å². The monoisotopic (exact) mass is 383 g/mol. The van der Waals surface area contributed by atoms with Crippen LogP contribution in [0.5, 0.6) is 0 Å². The molecule has 0 radical (unpaired) electrons. The Labute approximate surface area is 116 Å². The normalized spacial score (nSPS) is 11.4. The van der Waals surface area contributed by atoms with Gasteiger partial charge >= 0.3 is 0 Å². The van der Waals surface area contributed by atoms with E-state index in [1.165, 1.54) is 18.2 Å². The first-order valence-corrected chi connectivity index (χ1v) is 7.94. The molecule has 2 aromatic rings. The fourth-order valence-electron chi connectivity index (χ4n) is 1.18. The number of nitrogens with one attached hydrogen (secondary N) is 1. The van der Waals surface area contributed by atoms with Crippen molar-refractivity contribution in [1.29, 1.82) is 0 Å². The van der Waals surface area contributed by atoms with E-state index in [1.54, 1.807) is 17.5 Å². The summed E-state index contributed by atoms with van der Waals surface area (Å²) in [6, 6.07) is 7.41. The Balaban J connectivity index is 2.33. The molecule has 1 heterocycles. The molecule has 3 nitrogen and oxygen atoms in total. The first-order chi connectivity index (χ1) is 7.99. The van der Waals surface area contributed by atoms with Crippen molar-refractivity contribution in [3.05, 3.63) is 45.1 Å². The van der Waals surface area contributed by atoms with E-state index in [0.29, 0.717) is 3.57 Å². The van der Waals surface area contributed by atoms with Gasteiger partial charge in [0, 0.05) is 3.57 Å². The summed E-state index contributed by atoms with van der Waals surface area (Å²) in [5.74, 6) is -0.586. The van der Waals surface area contributed by atoms with E-state index in [9.17, 15) is 12.8 Å². The average molecular weight is 383 g/mol. The highest BCUT2D eigenvalue weighted by molar-refractivity contribution is 14.1. The van der Waals surface area contributed by atoms with E-state index < -0.39 is 15.8 Å². The van der Waals surface area contributed by atoms with Gasteiger partial charge in [-0.1, -0.05) is 6.07 Å². The third-order valence-corrected chi connectivity index (χ3v) is 5.37. The third-order valence-electron chi connectivity index (χ3n) is 1.94. The molecule has 2 rings (SSSR count). The van der Waals surface area contributed by atoms with E-state index in [0.717, 1.165) is 11.3 Å². The smallest absolute Gasteiger partial charge is 0.271 e. The van der Waals surface area contributed by atoms with Gasteiger partial charge in [0.2, 0.25) is 0 Å². The average Bonchev–Trinajstić information content (AvgIpc) is 2.76. The van der Waals surface area contributed by atoms with Crippen LogP contribution in [-0.2, 0) is 10.0 Å². The zero-order valence-corrected chi connectivity index (χ0v) is 12.1. The Morgan fingerprint density at radius 3 is 2.65 bits per heavy atom. The van der Waals surface area contributed by atoms with Crippen LogP contribution < -0.4 is 4.72 Å². The van der Waals surface area contributed by atoms with Gasteiger partial charge in [0.1, 0.15) is 10.0 Å². The number of rotatable bonds is 3. The molecule has 0 atom stereocenters. The van der Waals surface area contributed by atoms with E-state index in [1.807, 2.05) is 22.6 Å². The molecule has 0 aliphatic rings. The fraction of sp³-hybridized carbons (Fsp3) is 0. The van der Waals surface area contributed by atoms with Gasteiger partial charge in [-0.05, 0) is 52.2 Å². The quantitative estimate of drug-likeness (QED) is 0.827. The van der Waals surface area contributed by atoms with Crippen molar-refractivity contribution in [3.8, 4) is 0 Å². The van der Waals surface area contributed by atoms with Gasteiger partial charge in [0.05, 0.1) is 5.69 Å². The number of hydrogen-bond donors (Lipinski definition) is 1. The van der Waals surface area contributed by atoms with Crippen LogP contribution >= 0.6 is 33.9 Å². The van der Waals surface area contributed by atoms with Gasteiger partial charge in [-0.3, -0.25) is 4.72 Å². The number of anilines is 1. The molecule has 0 aliphatic carbocycles. The number of benzene rings is 1. The summed E-state index contributed by atoms with van der Waals surface area (Å²) in [5, 5.41) is 1.65. The molecular weight excluding hydrogens is 376 g/mol. The number of sulfonamides is 1. The largest absolute Gasteiger partial charge is 0.276 e. The SMILES string of the molecule is O=S(=O)(Nc1ccc(I)cc1F)c1cccs1. The molecule has 17 heavy (non-hydrogen) atoms. The summed E-state index contributed by atoms with van der Waals surface area (Å²) in [6.07, 6.45) is 0. The van der Waals surface area contributed by atoms with Crippen molar-refractivity contribution in [1.82, 2.24) is 0 Å². The van der Waals surface area contributed by atoms with Crippen LogP contribution in [0.25, 0.3) is 0 Å². The Bertz CT molecular complexity index is 626. The Morgan fingerprint density at radius 1 is 1.29 bits per heavy atom. The molecule has 0 bridgehead atoms. The van der Waals surface area contributed by atoms with Crippen LogP contribution in [0, 0.1) is 9.39 Å². The summed E-state index contributed by atoms with van der Waals surface area (Å²) in [5.41, 5.74) is -0.0428. The molecule has 0 spiro atoms. The molecule has 0 amide bonds. The molecule has 0 saturated heterocycles. The molecular formula is C10H7FINO2S2. The summed E-state index contributed by atoms with van der Waals surface area (Å²) in [7, 11) is -3.68. The van der Waals surface area contributed by atoms with Gasteiger partial charge in [-0.25, -0.2) is 12.8 Å². The van der Waals surface area contributed by atoms with E-state index in [4.69, 9.17) is 0 Å². The highest BCUT2D eigenvalue weighted by atomic mass is 127. The molecule has 90 valence electrons. The predicted molar refractivity (Wildman–Crippen MR) is 74.2 cm³/mol. The van der Waals surface area contributed by atoms with Crippen LogP contribution in [0.2, 0.25) is 0 Å². The standard InChI is InChI=1S/C10H7FINO2S2/c11-8-6-7(12)3-4-9(8)13-17(14,15)10-2-1-5-16-10/h1-6,13H. The Hall–Kier alpha value is -0.670. The minimum Gasteiger partial charge on any atom is -0.276 e. The Kier molecular flexibility index (Phi) is 3.69. The second-order valence-corrected chi connectivity index (χ2v) is 7.26. The lowest BCUT2D eigenvalue weighted by atomic mass is 10.3. The molecule has 1 aromatic carbocycles. The van der Waals surface area contributed by atoms with Crippen molar-refractivity contribution in [3.63, 3.8) is 0 Å². The number of thiophene rings is 1. The van der Waals surface area contributed by atoms with Gasteiger partial charge in [0.15, 0.2) is 0 Å². The van der Waals surface area contributed by atoms with Crippen molar-refractivity contribution >= 4 is 49.6 Å². The molecule has 7 heteroatoms. The second-order valence-electron chi connectivity index (χ2n) is 3.16. The molecule has 1 N–H and O–H groups in total. The van der Waals surface area contributed by atoms with Crippen LogP contribution in [0.15, 0.2) is 39.9 Å². The minimum absolute atomic E-state index is 0.0428. The second kappa shape index (κ2) is 4.91. The van der Waals surface area contributed by atoms with Crippen molar-refractivity contribution in [2.45, 2.75) is 4.21 Å².